The molecule has 0 saturated carbocycles. The summed E-state index contributed by atoms with van der Waals surface area (Å²) in [6.07, 6.45) is 2.95. The van der Waals surface area contributed by atoms with Gasteiger partial charge in [0, 0.05) is 17.5 Å². The number of aromatic amines is 1. The first-order chi connectivity index (χ1) is 16.7. The molecule has 1 N–H and O–H groups in total. The number of nitrogens with one attached hydrogen (secondary N) is 1. The van der Waals surface area contributed by atoms with Crippen LogP contribution in [0.2, 0.25) is 0 Å². The minimum atomic E-state index is -0.0203. The van der Waals surface area contributed by atoms with Crippen molar-refractivity contribution in [3.05, 3.63) is 107 Å². The van der Waals surface area contributed by atoms with Gasteiger partial charge in [-0.25, -0.2) is 4.79 Å². The summed E-state index contributed by atoms with van der Waals surface area (Å²) in [5.74, 6) is 0.838. The van der Waals surface area contributed by atoms with Crippen LogP contribution in [-0.4, -0.2) is 29.8 Å². The van der Waals surface area contributed by atoms with Gasteiger partial charge in [0.1, 0.15) is 0 Å². The minimum absolute atomic E-state index is 0.0203. The van der Waals surface area contributed by atoms with E-state index in [1.165, 1.54) is 0 Å². The van der Waals surface area contributed by atoms with E-state index in [9.17, 15) is 4.79 Å². The number of aromatic nitrogens is 6. The molecule has 0 fully saturated rings. The number of nitrogens with zero attached hydrogens (tertiary/aromatic N) is 5. The van der Waals surface area contributed by atoms with Crippen LogP contribution in [0.1, 0.15) is 37.4 Å². The minimum Gasteiger partial charge on any atom is -0.291 e. The van der Waals surface area contributed by atoms with Crippen LogP contribution in [0.4, 0.5) is 0 Å². The van der Waals surface area contributed by atoms with E-state index in [1.807, 2.05) is 65.4 Å². The molecule has 0 saturated heterocycles. The van der Waals surface area contributed by atoms with Crippen LogP contribution < -0.4 is 5.69 Å². The van der Waals surface area contributed by atoms with Gasteiger partial charge in [0.05, 0.1) is 12.2 Å². The summed E-state index contributed by atoms with van der Waals surface area (Å²) in [4.78, 5) is 13.4. The molecular weight excluding hydrogens is 424 g/mol. The smallest absolute Gasteiger partial charge is 0.291 e. The van der Waals surface area contributed by atoms with E-state index in [4.69, 9.17) is 0 Å². The molecule has 2 aromatic heterocycles. The summed E-state index contributed by atoms with van der Waals surface area (Å²) < 4.78 is 3.64. The second-order valence-corrected chi connectivity index (χ2v) is 8.42. The Kier molecular flexibility index (Phi) is 5.91. The summed E-state index contributed by atoms with van der Waals surface area (Å²) in [6.45, 7) is 4.83. The van der Waals surface area contributed by atoms with Gasteiger partial charge in [0.2, 0.25) is 5.82 Å². The lowest BCUT2D eigenvalue weighted by Crippen LogP contribution is -2.25. The highest BCUT2D eigenvalue weighted by atomic mass is 16.1. The van der Waals surface area contributed by atoms with Gasteiger partial charge in [-0.1, -0.05) is 80.6 Å². The molecule has 3 aromatic carbocycles. The number of hydrogen-bond acceptors (Lipinski definition) is 4. The molecule has 7 nitrogen and oxygen atoms in total. The number of rotatable bonds is 7. The summed E-state index contributed by atoms with van der Waals surface area (Å²) in [5.41, 5.74) is 5.97. The van der Waals surface area contributed by atoms with Crippen LogP contribution in [0.5, 0.6) is 0 Å². The highest BCUT2D eigenvalue weighted by molar-refractivity contribution is 5.80. The van der Waals surface area contributed by atoms with E-state index in [0.29, 0.717) is 12.4 Å². The van der Waals surface area contributed by atoms with Crippen molar-refractivity contribution in [3.63, 3.8) is 0 Å². The number of hydrogen-bond donors (Lipinski definition) is 1. The molecule has 2 heterocycles. The fraction of sp³-hybridized carbons (Fsp3) is 0.185. The SMILES string of the molecule is CCC(C)c1cn(-c2ccccc2)c(=O)n1Cc1ccc(-c2ccccc2-c2nn[nH]n2)cc1. The predicted molar refractivity (Wildman–Crippen MR) is 133 cm³/mol. The van der Waals surface area contributed by atoms with Crippen molar-refractivity contribution in [2.24, 2.45) is 0 Å². The Morgan fingerprint density at radius 2 is 1.62 bits per heavy atom. The largest absolute Gasteiger partial charge is 0.333 e. The van der Waals surface area contributed by atoms with Gasteiger partial charge in [-0.15, -0.1) is 10.2 Å². The van der Waals surface area contributed by atoms with Crippen molar-refractivity contribution in [3.8, 4) is 28.2 Å². The third-order valence-corrected chi connectivity index (χ3v) is 6.28. The van der Waals surface area contributed by atoms with Crippen LogP contribution in [0, 0.1) is 0 Å². The summed E-state index contributed by atoms with van der Waals surface area (Å²) in [6, 6.07) is 26.1. The van der Waals surface area contributed by atoms with Crippen LogP contribution in [-0.2, 0) is 6.54 Å². The Labute approximate surface area is 197 Å². The molecule has 0 spiro atoms. The number of H-pyrrole nitrogens is 1. The summed E-state index contributed by atoms with van der Waals surface area (Å²) >= 11 is 0. The molecule has 1 atom stereocenters. The quantitative estimate of drug-likeness (QED) is 0.376. The highest BCUT2D eigenvalue weighted by Gasteiger charge is 2.17. The second kappa shape index (κ2) is 9.31. The van der Waals surface area contributed by atoms with Crippen LogP contribution in [0.3, 0.4) is 0 Å². The summed E-state index contributed by atoms with van der Waals surface area (Å²) in [7, 11) is 0. The Hall–Kier alpha value is -4.26. The fourth-order valence-corrected chi connectivity index (χ4v) is 4.21. The van der Waals surface area contributed by atoms with Crippen LogP contribution in [0.15, 0.2) is 89.9 Å². The van der Waals surface area contributed by atoms with E-state index in [-0.39, 0.29) is 11.6 Å². The third-order valence-electron chi connectivity index (χ3n) is 6.28. The van der Waals surface area contributed by atoms with Gasteiger partial charge in [0.25, 0.3) is 0 Å². The molecule has 5 aromatic rings. The van der Waals surface area contributed by atoms with E-state index < -0.39 is 0 Å². The van der Waals surface area contributed by atoms with Gasteiger partial charge < -0.3 is 0 Å². The summed E-state index contributed by atoms with van der Waals surface area (Å²) in [5, 5.41) is 14.5. The Morgan fingerprint density at radius 1 is 0.912 bits per heavy atom. The number of para-hydroxylation sites is 1. The van der Waals surface area contributed by atoms with Gasteiger partial charge in [0.15, 0.2) is 0 Å². The number of imidazole rings is 1. The molecule has 5 rings (SSSR count). The standard InChI is InChI=1S/C27H26N6O/c1-3-19(2)25-18-32(22-9-5-4-6-10-22)27(34)33(25)17-20-13-15-21(16-14-20)23-11-7-8-12-24(23)26-28-30-31-29-26/h4-16,18-19H,3,17H2,1-2H3,(H,28,29,30,31). The van der Waals surface area contributed by atoms with Crippen LogP contribution >= 0.6 is 0 Å². The van der Waals surface area contributed by atoms with Crippen molar-refractivity contribution < 1.29 is 0 Å². The Morgan fingerprint density at radius 3 is 2.29 bits per heavy atom. The maximum absolute atomic E-state index is 13.4. The molecule has 0 amide bonds. The van der Waals surface area contributed by atoms with E-state index in [0.717, 1.165) is 40.1 Å². The van der Waals surface area contributed by atoms with Gasteiger partial charge in [-0.3, -0.25) is 9.13 Å². The first kappa shape index (κ1) is 21.6. The van der Waals surface area contributed by atoms with E-state index in [2.05, 4.69) is 58.7 Å². The molecule has 0 bridgehead atoms. The molecular formula is C27H26N6O. The topological polar surface area (TPSA) is 81.4 Å². The van der Waals surface area contributed by atoms with Crippen molar-refractivity contribution in [2.45, 2.75) is 32.7 Å². The van der Waals surface area contributed by atoms with Crippen LogP contribution in [0.25, 0.3) is 28.2 Å². The lowest BCUT2D eigenvalue weighted by Gasteiger charge is -2.13. The molecule has 34 heavy (non-hydrogen) atoms. The lowest BCUT2D eigenvalue weighted by atomic mass is 9.98. The first-order valence-electron chi connectivity index (χ1n) is 11.5. The lowest BCUT2D eigenvalue weighted by molar-refractivity contribution is 0.626. The molecule has 0 aliphatic carbocycles. The number of tetrazole rings is 1. The predicted octanol–water partition coefficient (Wildman–Crippen LogP) is 5.05. The third kappa shape index (κ3) is 4.08. The average Bonchev–Trinajstić information content (AvgIpc) is 3.54. The Bertz CT molecular complexity index is 1430. The maximum atomic E-state index is 13.4. The zero-order valence-corrected chi connectivity index (χ0v) is 19.2. The van der Waals surface area contributed by atoms with Crippen molar-refractivity contribution >= 4 is 0 Å². The highest BCUT2D eigenvalue weighted by Crippen LogP contribution is 2.30. The zero-order chi connectivity index (χ0) is 23.5. The molecule has 7 heteroatoms. The van der Waals surface area contributed by atoms with E-state index in [1.54, 1.807) is 4.57 Å². The van der Waals surface area contributed by atoms with E-state index >= 15 is 0 Å². The van der Waals surface area contributed by atoms with Gasteiger partial charge in [-0.05, 0) is 46.4 Å². The molecule has 1 unspecified atom stereocenters. The molecule has 0 aliphatic heterocycles. The molecule has 0 radical (unpaired) electrons. The zero-order valence-electron chi connectivity index (χ0n) is 19.2. The Balaban J connectivity index is 1.49. The van der Waals surface area contributed by atoms with Crippen molar-refractivity contribution in [1.82, 2.24) is 29.8 Å². The fourth-order valence-electron chi connectivity index (χ4n) is 4.21. The van der Waals surface area contributed by atoms with Crippen molar-refractivity contribution in [2.75, 3.05) is 0 Å². The normalized spacial score (nSPS) is 12.1. The maximum Gasteiger partial charge on any atom is 0.333 e. The van der Waals surface area contributed by atoms with Gasteiger partial charge >= 0.3 is 5.69 Å². The molecule has 0 aliphatic rings. The molecule has 170 valence electrons. The van der Waals surface area contributed by atoms with Gasteiger partial charge in [-0.2, -0.15) is 5.21 Å². The first-order valence-corrected chi connectivity index (χ1v) is 11.5. The second-order valence-electron chi connectivity index (χ2n) is 8.42. The number of benzene rings is 3. The average molecular weight is 451 g/mol. The monoisotopic (exact) mass is 450 g/mol. The van der Waals surface area contributed by atoms with Crippen molar-refractivity contribution in [1.29, 1.82) is 0 Å².